The molecule has 1 aliphatic rings. The standard InChI is InChI=1S/C16H16N2O3/c1-2-11-9-14(12-5-3-4-6-13(12)17-11)18-16(19)15-10-20-7-8-21-15/h3-6,9-10H,2,7-8H2,1H3,(H,17,18,19). The Labute approximate surface area is 122 Å². The van der Waals surface area contributed by atoms with E-state index in [1.807, 2.05) is 37.3 Å². The number of benzene rings is 1. The summed E-state index contributed by atoms with van der Waals surface area (Å²) in [5.74, 6) is -0.117. The van der Waals surface area contributed by atoms with E-state index in [4.69, 9.17) is 9.47 Å². The average Bonchev–Trinajstić information content (AvgIpc) is 2.55. The molecular formula is C16H16N2O3. The Balaban J connectivity index is 1.95. The van der Waals surface area contributed by atoms with Crippen molar-refractivity contribution in [1.82, 2.24) is 4.98 Å². The fourth-order valence-electron chi connectivity index (χ4n) is 2.19. The highest BCUT2D eigenvalue weighted by Gasteiger charge is 2.16. The number of rotatable bonds is 3. The summed E-state index contributed by atoms with van der Waals surface area (Å²) in [6.07, 6.45) is 2.15. The van der Waals surface area contributed by atoms with Crippen molar-refractivity contribution in [1.29, 1.82) is 0 Å². The van der Waals surface area contributed by atoms with Crippen molar-refractivity contribution < 1.29 is 14.3 Å². The largest absolute Gasteiger partial charge is 0.494 e. The van der Waals surface area contributed by atoms with E-state index in [1.165, 1.54) is 6.26 Å². The van der Waals surface area contributed by atoms with E-state index in [0.29, 0.717) is 13.2 Å². The summed E-state index contributed by atoms with van der Waals surface area (Å²) in [5, 5.41) is 3.78. The molecule has 1 aromatic heterocycles. The number of hydrogen-bond acceptors (Lipinski definition) is 4. The molecule has 0 aliphatic carbocycles. The van der Waals surface area contributed by atoms with Crippen molar-refractivity contribution in [2.24, 2.45) is 0 Å². The third kappa shape index (κ3) is 2.81. The number of pyridine rings is 1. The number of aryl methyl sites for hydroxylation is 1. The Kier molecular flexibility index (Phi) is 3.73. The Bertz CT molecular complexity index is 710. The maximum absolute atomic E-state index is 12.2. The minimum Gasteiger partial charge on any atom is -0.494 e. The van der Waals surface area contributed by atoms with Crippen molar-refractivity contribution >= 4 is 22.5 Å². The molecule has 21 heavy (non-hydrogen) atoms. The van der Waals surface area contributed by atoms with Gasteiger partial charge in [-0.1, -0.05) is 25.1 Å². The van der Waals surface area contributed by atoms with Gasteiger partial charge in [-0.05, 0) is 18.6 Å². The third-order valence-corrected chi connectivity index (χ3v) is 3.25. The van der Waals surface area contributed by atoms with Crippen LogP contribution in [0.2, 0.25) is 0 Å². The molecule has 1 N–H and O–H groups in total. The van der Waals surface area contributed by atoms with Crippen molar-refractivity contribution in [3.8, 4) is 0 Å². The Morgan fingerprint density at radius 3 is 2.95 bits per heavy atom. The monoisotopic (exact) mass is 284 g/mol. The van der Waals surface area contributed by atoms with Crippen LogP contribution in [0.25, 0.3) is 10.9 Å². The van der Waals surface area contributed by atoms with Gasteiger partial charge in [0.25, 0.3) is 5.91 Å². The summed E-state index contributed by atoms with van der Waals surface area (Å²) in [6.45, 7) is 2.88. The minimum absolute atomic E-state index is 0.195. The number of ether oxygens (including phenoxy) is 2. The topological polar surface area (TPSA) is 60.5 Å². The molecule has 0 radical (unpaired) electrons. The van der Waals surface area contributed by atoms with Crippen LogP contribution in [0.3, 0.4) is 0 Å². The smallest absolute Gasteiger partial charge is 0.294 e. The number of nitrogens with one attached hydrogen (secondary N) is 1. The molecule has 0 spiro atoms. The van der Waals surface area contributed by atoms with Crippen LogP contribution in [-0.2, 0) is 20.7 Å². The predicted octanol–water partition coefficient (Wildman–Crippen LogP) is 2.62. The van der Waals surface area contributed by atoms with Crippen LogP contribution in [0.1, 0.15) is 12.6 Å². The van der Waals surface area contributed by atoms with Crippen LogP contribution in [0.5, 0.6) is 0 Å². The first-order valence-electron chi connectivity index (χ1n) is 6.92. The quantitative estimate of drug-likeness (QED) is 0.941. The van der Waals surface area contributed by atoms with E-state index < -0.39 is 0 Å². The zero-order valence-electron chi connectivity index (χ0n) is 11.8. The van der Waals surface area contributed by atoms with Gasteiger partial charge in [0.2, 0.25) is 5.76 Å². The predicted molar refractivity (Wildman–Crippen MR) is 79.7 cm³/mol. The normalized spacial score (nSPS) is 14.0. The Hall–Kier alpha value is -2.56. The van der Waals surface area contributed by atoms with Gasteiger partial charge in [-0.3, -0.25) is 9.78 Å². The van der Waals surface area contributed by atoms with Gasteiger partial charge < -0.3 is 14.8 Å². The fourth-order valence-corrected chi connectivity index (χ4v) is 2.19. The highest BCUT2D eigenvalue weighted by Crippen LogP contribution is 2.24. The molecule has 0 unspecified atom stereocenters. The van der Waals surface area contributed by atoms with Gasteiger partial charge in [0, 0.05) is 11.1 Å². The van der Waals surface area contributed by atoms with E-state index in [-0.39, 0.29) is 11.7 Å². The van der Waals surface area contributed by atoms with Gasteiger partial charge in [0.1, 0.15) is 19.5 Å². The maximum atomic E-state index is 12.2. The molecule has 0 atom stereocenters. The lowest BCUT2D eigenvalue weighted by atomic mass is 10.1. The minimum atomic E-state index is -0.312. The second-order valence-corrected chi connectivity index (χ2v) is 4.69. The SMILES string of the molecule is CCc1cc(NC(=O)C2=COCCO2)c2ccccc2n1. The number of amides is 1. The summed E-state index contributed by atoms with van der Waals surface area (Å²) in [4.78, 5) is 16.8. The highest BCUT2D eigenvalue weighted by atomic mass is 16.6. The molecule has 0 saturated heterocycles. The molecule has 2 heterocycles. The van der Waals surface area contributed by atoms with Gasteiger partial charge in [0.15, 0.2) is 0 Å². The number of carbonyl (C=O) groups excluding carboxylic acids is 1. The van der Waals surface area contributed by atoms with Crippen molar-refractivity contribution in [2.45, 2.75) is 13.3 Å². The first kappa shape index (κ1) is 13.4. The van der Waals surface area contributed by atoms with Crippen molar-refractivity contribution in [2.75, 3.05) is 18.5 Å². The molecule has 0 bridgehead atoms. The highest BCUT2D eigenvalue weighted by molar-refractivity contribution is 6.07. The zero-order chi connectivity index (χ0) is 14.7. The molecule has 108 valence electrons. The first-order chi connectivity index (χ1) is 10.3. The molecule has 2 aromatic rings. The van der Waals surface area contributed by atoms with Gasteiger partial charge >= 0.3 is 0 Å². The number of fused-ring (bicyclic) bond motifs is 1. The van der Waals surface area contributed by atoms with Gasteiger partial charge in [0.05, 0.1) is 11.2 Å². The number of hydrogen-bond donors (Lipinski definition) is 1. The van der Waals surface area contributed by atoms with Crippen LogP contribution in [-0.4, -0.2) is 24.1 Å². The average molecular weight is 284 g/mol. The number of aromatic nitrogens is 1. The molecule has 1 aromatic carbocycles. The number of carbonyl (C=O) groups is 1. The summed E-state index contributed by atoms with van der Waals surface area (Å²) < 4.78 is 10.4. The van der Waals surface area contributed by atoms with E-state index in [2.05, 4.69) is 10.3 Å². The number of para-hydroxylation sites is 1. The van der Waals surface area contributed by atoms with Crippen LogP contribution < -0.4 is 5.32 Å². The molecular weight excluding hydrogens is 268 g/mol. The van der Waals surface area contributed by atoms with Gasteiger partial charge in [-0.25, -0.2) is 0 Å². The van der Waals surface area contributed by atoms with Crippen molar-refractivity contribution in [3.63, 3.8) is 0 Å². The zero-order valence-corrected chi connectivity index (χ0v) is 11.8. The van der Waals surface area contributed by atoms with E-state index in [9.17, 15) is 4.79 Å². The molecule has 1 amide bonds. The lowest BCUT2D eigenvalue weighted by Gasteiger charge is -2.16. The first-order valence-corrected chi connectivity index (χ1v) is 6.92. The molecule has 1 aliphatic heterocycles. The summed E-state index contributed by atoms with van der Waals surface area (Å²) in [7, 11) is 0. The lowest BCUT2D eigenvalue weighted by molar-refractivity contribution is -0.117. The molecule has 3 rings (SSSR count). The summed E-state index contributed by atoms with van der Waals surface area (Å²) >= 11 is 0. The fraction of sp³-hybridized carbons (Fsp3) is 0.250. The molecule has 0 fully saturated rings. The second kappa shape index (κ2) is 5.83. The van der Waals surface area contributed by atoms with Crippen molar-refractivity contribution in [3.05, 3.63) is 48.0 Å². The molecule has 5 heteroatoms. The second-order valence-electron chi connectivity index (χ2n) is 4.69. The summed E-state index contributed by atoms with van der Waals surface area (Å²) in [6, 6.07) is 9.61. The van der Waals surface area contributed by atoms with Crippen LogP contribution in [0.15, 0.2) is 42.4 Å². The molecule has 5 nitrogen and oxygen atoms in total. The number of nitrogens with zero attached hydrogens (tertiary/aromatic N) is 1. The maximum Gasteiger partial charge on any atom is 0.294 e. The van der Waals surface area contributed by atoms with E-state index >= 15 is 0 Å². The van der Waals surface area contributed by atoms with E-state index in [0.717, 1.165) is 28.7 Å². The van der Waals surface area contributed by atoms with Crippen LogP contribution in [0.4, 0.5) is 5.69 Å². The van der Waals surface area contributed by atoms with E-state index in [1.54, 1.807) is 0 Å². The molecule has 0 saturated carbocycles. The Morgan fingerprint density at radius 2 is 2.19 bits per heavy atom. The Morgan fingerprint density at radius 1 is 1.33 bits per heavy atom. The lowest BCUT2D eigenvalue weighted by Crippen LogP contribution is -2.21. The van der Waals surface area contributed by atoms with Gasteiger partial charge in [-0.15, -0.1) is 0 Å². The third-order valence-electron chi connectivity index (χ3n) is 3.25. The number of anilines is 1. The summed E-state index contributed by atoms with van der Waals surface area (Å²) in [5.41, 5.74) is 2.53. The van der Waals surface area contributed by atoms with Crippen LogP contribution in [0, 0.1) is 0 Å². The van der Waals surface area contributed by atoms with Gasteiger partial charge in [-0.2, -0.15) is 0 Å². The van der Waals surface area contributed by atoms with Crippen LogP contribution >= 0.6 is 0 Å².